The van der Waals surface area contributed by atoms with Crippen molar-refractivity contribution in [3.63, 3.8) is 0 Å². The Hall–Kier alpha value is -1.26. The van der Waals surface area contributed by atoms with Gasteiger partial charge < -0.3 is 14.8 Å². The van der Waals surface area contributed by atoms with Gasteiger partial charge in [0.05, 0.1) is 13.0 Å². The molecule has 5 nitrogen and oxygen atoms in total. The molecule has 1 rings (SSSR count). The van der Waals surface area contributed by atoms with Crippen LogP contribution >= 0.6 is 0 Å². The van der Waals surface area contributed by atoms with Gasteiger partial charge in [0.25, 0.3) is 0 Å². The molecule has 0 spiro atoms. The Labute approximate surface area is 115 Å². The van der Waals surface area contributed by atoms with Crippen LogP contribution in [0.25, 0.3) is 0 Å². The zero-order valence-corrected chi connectivity index (χ0v) is 12.3. The van der Waals surface area contributed by atoms with Gasteiger partial charge in [-0.25, -0.2) is 4.79 Å². The number of carbonyl (C=O) groups excluding carboxylic acids is 2. The number of hydrogen-bond donors (Lipinski definition) is 1. The average molecular weight is 271 g/mol. The number of hydrogen-bond acceptors (Lipinski definition) is 4. The molecule has 0 heterocycles. The maximum Gasteiger partial charge on any atom is 0.407 e. The lowest BCUT2D eigenvalue weighted by molar-refractivity contribution is -0.147. The molecule has 1 N–H and O–H groups in total. The van der Waals surface area contributed by atoms with Gasteiger partial charge in [0.1, 0.15) is 5.60 Å². The van der Waals surface area contributed by atoms with Gasteiger partial charge in [0, 0.05) is 6.54 Å². The maximum absolute atomic E-state index is 11.5. The van der Waals surface area contributed by atoms with Gasteiger partial charge >= 0.3 is 12.1 Å². The second kappa shape index (κ2) is 6.78. The molecular weight excluding hydrogens is 246 g/mol. The summed E-state index contributed by atoms with van der Waals surface area (Å²) in [5.41, 5.74) is -0.481. The SMILES string of the molecule is COC(=O)C1CCCC(CNC(=O)OC(C)(C)C)C1. The van der Waals surface area contributed by atoms with E-state index in [9.17, 15) is 9.59 Å². The van der Waals surface area contributed by atoms with Crippen molar-refractivity contribution in [2.24, 2.45) is 11.8 Å². The molecule has 110 valence electrons. The molecule has 0 saturated heterocycles. The summed E-state index contributed by atoms with van der Waals surface area (Å²) in [5.74, 6) is 0.163. The van der Waals surface area contributed by atoms with Gasteiger partial charge in [-0.2, -0.15) is 0 Å². The first-order valence-corrected chi connectivity index (χ1v) is 6.86. The van der Waals surface area contributed by atoms with Crippen molar-refractivity contribution in [1.82, 2.24) is 5.32 Å². The molecule has 1 aliphatic rings. The minimum absolute atomic E-state index is 0.0239. The summed E-state index contributed by atoms with van der Waals surface area (Å²) in [7, 11) is 1.42. The summed E-state index contributed by atoms with van der Waals surface area (Å²) in [6.07, 6.45) is 3.30. The molecule has 2 atom stereocenters. The van der Waals surface area contributed by atoms with E-state index in [1.54, 1.807) is 0 Å². The van der Waals surface area contributed by atoms with Crippen LogP contribution in [0.2, 0.25) is 0 Å². The summed E-state index contributed by atoms with van der Waals surface area (Å²) >= 11 is 0. The van der Waals surface area contributed by atoms with Crippen LogP contribution in [-0.4, -0.2) is 31.3 Å². The summed E-state index contributed by atoms with van der Waals surface area (Å²) in [6.45, 7) is 6.06. The fourth-order valence-corrected chi connectivity index (χ4v) is 2.40. The largest absolute Gasteiger partial charge is 0.469 e. The Bertz CT molecular complexity index is 322. The first kappa shape index (κ1) is 15.8. The van der Waals surface area contributed by atoms with Crippen LogP contribution in [0, 0.1) is 11.8 Å². The van der Waals surface area contributed by atoms with Gasteiger partial charge in [-0.3, -0.25) is 4.79 Å². The third-order valence-corrected chi connectivity index (χ3v) is 3.25. The van der Waals surface area contributed by atoms with Crippen LogP contribution in [0.5, 0.6) is 0 Å². The van der Waals surface area contributed by atoms with Crippen molar-refractivity contribution in [3.05, 3.63) is 0 Å². The van der Waals surface area contributed by atoms with E-state index in [1.807, 2.05) is 20.8 Å². The monoisotopic (exact) mass is 271 g/mol. The molecule has 0 radical (unpaired) electrons. The fraction of sp³-hybridized carbons (Fsp3) is 0.857. The third-order valence-electron chi connectivity index (χ3n) is 3.25. The summed E-state index contributed by atoms with van der Waals surface area (Å²) in [6, 6.07) is 0. The van der Waals surface area contributed by atoms with E-state index in [0.717, 1.165) is 25.7 Å². The molecule has 0 aromatic carbocycles. The van der Waals surface area contributed by atoms with Crippen LogP contribution in [-0.2, 0) is 14.3 Å². The molecular formula is C14H25NO4. The van der Waals surface area contributed by atoms with Crippen LogP contribution in [0.4, 0.5) is 4.79 Å². The Balaban J connectivity index is 2.33. The van der Waals surface area contributed by atoms with E-state index in [0.29, 0.717) is 12.5 Å². The van der Waals surface area contributed by atoms with Crippen LogP contribution in [0.3, 0.4) is 0 Å². The lowest BCUT2D eigenvalue weighted by atomic mass is 9.81. The third kappa shape index (κ3) is 5.94. The molecule has 1 amide bonds. The van der Waals surface area contributed by atoms with E-state index in [1.165, 1.54) is 7.11 Å². The first-order valence-electron chi connectivity index (χ1n) is 6.86. The second-order valence-corrected chi connectivity index (χ2v) is 6.14. The predicted molar refractivity (Wildman–Crippen MR) is 71.7 cm³/mol. The zero-order valence-electron chi connectivity index (χ0n) is 12.3. The van der Waals surface area contributed by atoms with Crippen molar-refractivity contribution in [2.75, 3.05) is 13.7 Å². The summed E-state index contributed by atoms with van der Waals surface area (Å²) in [5, 5.41) is 2.77. The molecule has 0 aliphatic heterocycles. The van der Waals surface area contributed by atoms with Crippen LogP contribution in [0.1, 0.15) is 46.5 Å². The van der Waals surface area contributed by atoms with Crippen LogP contribution < -0.4 is 5.32 Å². The normalized spacial score (nSPS) is 23.6. The van der Waals surface area contributed by atoms with Gasteiger partial charge in [-0.1, -0.05) is 6.42 Å². The number of alkyl carbamates (subject to hydrolysis) is 1. The van der Waals surface area contributed by atoms with Gasteiger partial charge in [-0.15, -0.1) is 0 Å². The number of amides is 1. The van der Waals surface area contributed by atoms with Gasteiger partial charge in [-0.05, 0) is 46.0 Å². The lowest BCUT2D eigenvalue weighted by Gasteiger charge is -2.28. The highest BCUT2D eigenvalue weighted by Crippen LogP contribution is 2.29. The zero-order chi connectivity index (χ0) is 14.5. The standard InChI is InChI=1S/C14H25NO4/c1-14(2,3)19-13(17)15-9-10-6-5-7-11(8-10)12(16)18-4/h10-11H,5-9H2,1-4H3,(H,15,17). The van der Waals surface area contributed by atoms with Crippen molar-refractivity contribution in [3.8, 4) is 0 Å². The molecule has 5 heteroatoms. The summed E-state index contributed by atoms with van der Waals surface area (Å²) < 4.78 is 9.96. The number of esters is 1. The highest BCUT2D eigenvalue weighted by atomic mass is 16.6. The maximum atomic E-state index is 11.5. The Morgan fingerprint density at radius 2 is 1.95 bits per heavy atom. The number of ether oxygens (including phenoxy) is 2. The summed E-state index contributed by atoms with van der Waals surface area (Å²) in [4.78, 5) is 23.1. The van der Waals surface area contributed by atoms with Gasteiger partial charge in [0.15, 0.2) is 0 Å². The number of carbonyl (C=O) groups is 2. The smallest absolute Gasteiger partial charge is 0.407 e. The highest BCUT2D eigenvalue weighted by Gasteiger charge is 2.28. The van der Waals surface area contributed by atoms with E-state index < -0.39 is 11.7 Å². The van der Waals surface area contributed by atoms with Crippen molar-refractivity contribution in [1.29, 1.82) is 0 Å². The minimum atomic E-state index is -0.481. The van der Waals surface area contributed by atoms with E-state index in [-0.39, 0.29) is 11.9 Å². The number of nitrogens with one attached hydrogen (secondary N) is 1. The van der Waals surface area contributed by atoms with E-state index in [4.69, 9.17) is 9.47 Å². The topological polar surface area (TPSA) is 64.6 Å². The molecule has 2 unspecified atom stereocenters. The molecule has 1 fully saturated rings. The minimum Gasteiger partial charge on any atom is -0.469 e. The van der Waals surface area contributed by atoms with Gasteiger partial charge in [0.2, 0.25) is 0 Å². The Morgan fingerprint density at radius 1 is 1.26 bits per heavy atom. The van der Waals surface area contributed by atoms with E-state index in [2.05, 4.69) is 5.32 Å². The number of methoxy groups -OCH3 is 1. The fourth-order valence-electron chi connectivity index (χ4n) is 2.40. The lowest BCUT2D eigenvalue weighted by Crippen LogP contribution is -2.37. The highest BCUT2D eigenvalue weighted by molar-refractivity contribution is 5.72. The molecule has 1 saturated carbocycles. The molecule has 1 aliphatic carbocycles. The van der Waals surface area contributed by atoms with Crippen molar-refractivity contribution < 1.29 is 19.1 Å². The Morgan fingerprint density at radius 3 is 2.53 bits per heavy atom. The molecule has 0 aromatic rings. The van der Waals surface area contributed by atoms with Crippen LogP contribution in [0.15, 0.2) is 0 Å². The molecule has 0 aromatic heterocycles. The Kier molecular flexibility index (Phi) is 5.63. The predicted octanol–water partition coefficient (Wildman–Crippen LogP) is 2.49. The average Bonchev–Trinajstić information content (AvgIpc) is 2.34. The first-order chi connectivity index (χ1) is 8.81. The second-order valence-electron chi connectivity index (χ2n) is 6.14. The van der Waals surface area contributed by atoms with E-state index >= 15 is 0 Å². The van der Waals surface area contributed by atoms with Crippen molar-refractivity contribution in [2.45, 2.75) is 52.1 Å². The quantitative estimate of drug-likeness (QED) is 0.801. The number of rotatable bonds is 3. The molecule has 19 heavy (non-hydrogen) atoms. The van der Waals surface area contributed by atoms with Crippen molar-refractivity contribution >= 4 is 12.1 Å². The molecule has 0 bridgehead atoms.